The monoisotopic (exact) mass is 290 g/mol. The van der Waals surface area contributed by atoms with Crippen molar-refractivity contribution in [3.63, 3.8) is 0 Å². The normalized spacial score (nSPS) is 21.3. The van der Waals surface area contributed by atoms with E-state index in [1.54, 1.807) is 0 Å². The third-order valence-electron chi connectivity index (χ3n) is 5.25. The Balaban J connectivity index is 1.65. The van der Waals surface area contributed by atoms with Crippen LogP contribution in [0.25, 0.3) is 0 Å². The summed E-state index contributed by atoms with van der Waals surface area (Å²) in [6, 6.07) is 0.697. The van der Waals surface area contributed by atoms with Gasteiger partial charge in [-0.15, -0.1) is 0 Å². The van der Waals surface area contributed by atoms with Crippen LogP contribution in [0.4, 0.5) is 5.95 Å². The molecule has 0 bridgehead atoms. The molecule has 21 heavy (non-hydrogen) atoms. The topological polar surface area (TPSA) is 33.1 Å². The molecule has 0 unspecified atom stereocenters. The second-order valence-electron chi connectivity index (χ2n) is 6.85. The van der Waals surface area contributed by atoms with Crippen LogP contribution in [0.1, 0.15) is 56.7 Å². The highest BCUT2D eigenvalue weighted by atomic mass is 15.3. The van der Waals surface area contributed by atoms with E-state index in [-0.39, 0.29) is 0 Å². The SMILES string of the molecule is CNCCC1CCN(c2nc(C)cn2C2CCCC2)CC1. The molecule has 0 aromatic carbocycles. The minimum Gasteiger partial charge on any atom is -0.342 e. The van der Waals surface area contributed by atoms with Gasteiger partial charge in [-0.3, -0.25) is 0 Å². The second-order valence-corrected chi connectivity index (χ2v) is 6.85. The van der Waals surface area contributed by atoms with E-state index in [0.29, 0.717) is 6.04 Å². The Morgan fingerprint density at radius 3 is 2.57 bits per heavy atom. The van der Waals surface area contributed by atoms with E-state index >= 15 is 0 Å². The summed E-state index contributed by atoms with van der Waals surface area (Å²) in [6.45, 7) is 5.64. The number of piperidine rings is 1. The first kappa shape index (κ1) is 14.9. The van der Waals surface area contributed by atoms with Gasteiger partial charge >= 0.3 is 0 Å². The standard InChI is InChI=1S/C17H30N4/c1-14-13-21(16-5-3-4-6-16)17(19-14)20-11-8-15(9-12-20)7-10-18-2/h13,15-16,18H,3-12H2,1-2H3. The van der Waals surface area contributed by atoms with Crippen molar-refractivity contribution in [1.82, 2.24) is 14.9 Å². The summed E-state index contributed by atoms with van der Waals surface area (Å²) >= 11 is 0. The van der Waals surface area contributed by atoms with Crippen LogP contribution in [0.15, 0.2) is 6.20 Å². The fourth-order valence-electron chi connectivity index (χ4n) is 3.96. The predicted octanol–water partition coefficient (Wildman–Crippen LogP) is 3.13. The lowest BCUT2D eigenvalue weighted by Gasteiger charge is -2.33. The Morgan fingerprint density at radius 1 is 1.19 bits per heavy atom. The Kier molecular flexibility index (Phi) is 4.84. The van der Waals surface area contributed by atoms with Crippen LogP contribution in [0, 0.1) is 12.8 Å². The summed E-state index contributed by atoms with van der Waals surface area (Å²) in [6.07, 6.45) is 11.7. The summed E-state index contributed by atoms with van der Waals surface area (Å²) in [5.41, 5.74) is 1.18. The molecule has 118 valence electrons. The van der Waals surface area contributed by atoms with E-state index < -0.39 is 0 Å². The highest BCUT2D eigenvalue weighted by Crippen LogP contribution is 2.34. The average molecular weight is 290 g/mol. The zero-order chi connectivity index (χ0) is 14.7. The van der Waals surface area contributed by atoms with Crippen LogP contribution in [0.5, 0.6) is 0 Å². The number of rotatable bonds is 5. The molecular formula is C17H30N4. The number of hydrogen-bond donors (Lipinski definition) is 1. The summed E-state index contributed by atoms with van der Waals surface area (Å²) < 4.78 is 2.48. The van der Waals surface area contributed by atoms with Crippen LogP contribution >= 0.6 is 0 Å². The van der Waals surface area contributed by atoms with Gasteiger partial charge in [0.15, 0.2) is 0 Å². The van der Waals surface area contributed by atoms with Gasteiger partial charge in [-0.05, 0) is 58.5 Å². The average Bonchev–Trinajstić information content (AvgIpc) is 3.14. The molecule has 1 aromatic rings. The maximum atomic E-state index is 4.84. The third kappa shape index (κ3) is 3.42. The number of hydrogen-bond acceptors (Lipinski definition) is 3. The molecule has 1 aliphatic carbocycles. The van der Waals surface area contributed by atoms with Crippen molar-refractivity contribution < 1.29 is 0 Å². The summed E-state index contributed by atoms with van der Waals surface area (Å²) in [7, 11) is 2.05. The van der Waals surface area contributed by atoms with Gasteiger partial charge in [0.05, 0.1) is 5.69 Å². The molecule has 3 rings (SSSR count). The van der Waals surface area contributed by atoms with Crippen molar-refractivity contribution in [2.24, 2.45) is 5.92 Å². The van der Waals surface area contributed by atoms with Crippen LogP contribution in [-0.2, 0) is 0 Å². The highest BCUT2D eigenvalue weighted by Gasteiger charge is 2.26. The van der Waals surface area contributed by atoms with E-state index in [2.05, 4.69) is 35.0 Å². The van der Waals surface area contributed by atoms with Gasteiger partial charge in [0.25, 0.3) is 0 Å². The lowest BCUT2D eigenvalue weighted by atomic mass is 9.94. The van der Waals surface area contributed by atoms with Crippen molar-refractivity contribution in [1.29, 1.82) is 0 Å². The van der Waals surface area contributed by atoms with Crippen molar-refractivity contribution in [2.75, 3.05) is 31.6 Å². The van der Waals surface area contributed by atoms with Gasteiger partial charge in [-0.1, -0.05) is 12.8 Å². The van der Waals surface area contributed by atoms with E-state index in [9.17, 15) is 0 Å². The molecule has 2 heterocycles. The number of nitrogens with zero attached hydrogens (tertiary/aromatic N) is 3. The first-order valence-corrected chi connectivity index (χ1v) is 8.73. The molecule has 1 saturated heterocycles. The maximum absolute atomic E-state index is 4.84. The molecule has 0 spiro atoms. The highest BCUT2D eigenvalue weighted by molar-refractivity contribution is 5.35. The molecule has 4 nitrogen and oxygen atoms in total. The molecule has 0 amide bonds. The van der Waals surface area contributed by atoms with Crippen LogP contribution in [-0.4, -0.2) is 36.2 Å². The van der Waals surface area contributed by atoms with Crippen molar-refractivity contribution in [3.05, 3.63) is 11.9 Å². The summed E-state index contributed by atoms with van der Waals surface area (Å²) in [5, 5.41) is 3.28. The lowest BCUT2D eigenvalue weighted by Crippen LogP contribution is -2.36. The van der Waals surface area contributed by atoms with E-state index in [1.807, 2.05) is 0 Å². The van der Waals surface area contributed by atoms with E-state index in [4.69, 9.17) is 4.98 Å². The molecule has 2 aliphatic rings. The molecule has 0 radical (unpaired) electrons. The number of nitrogens with one attached hydrogen (secondary N) is 1. The smallest absolute Gasteiger partial charge is 0.205 e. The molecule has 1 aromatic heterocycles. The van der Waals surface area contributed by atoms with Gasteiger partial charge in [-0.2, -0.15) is 0 Å². The molecule has 1 N–H and O–H groups in total. The minimum atomic E-state index is 0.697. The molecule has 2 fully saturated rings. The largest absolute Gasteiger partial charge is 0.342 e. The van der Waals surface area contributed by atoms with Crippen LogP contribution in [0.3, 0.4) is 0 Å². The second kappa shape index (κ2) is 6.82. The molecule has 1 aliphatic heterocycles. The van der Waals surface area contributed by atoms with Gasteiger partial charge in [0, 0.05) is 25.3 Å². The Bertz CT molecular complexity index is 440. The van der Waals surface area contributed by atoms with Gasteiger partial charge in [-0.25, -0.2) is 4.98 Å². The number of aromatic nitrogens is 2. The first-order chi connectivity index (χ1) is 10.3. The van der Waals surface area contributed by atoms with Gasteiger partial charge in [0.1, 0.15) is 0 Å². The number of imidazole rings is 1. The number of anilines is 1. The fraction of sp³-hybridized carbons (Fsp3) is 0.824. The summed E-state index contributed by atoms with van der Waals surface area (Å²) in [5.74, 6) is 2.14. The van der Waals surface area contributed by atoms with Gasteiger partial charge in [0.2, 0.25) is 5.95 Å². The third-order valence-corrected chi connectivity index (χ3v) is 5.25. The summed E-state index contributed by atoms with van der Waals surface area (Å²) in [4.78, 5) is 7.37. The lowest BCUT2D eigenvalue weighted by molar-refractivity contribution is 0.371. The quantitative estimate of drug-likeness (QED) is 0.904. The molecule has 0 atom stereocenters. The molecular weight excluding hydrogens is 260 g/mol. The first-order valence-electron chi connectivity index (χ1n) is 8.73. The Labute approximate surface area is 128 Å². The Morgan fingerprint density at radius 2 is 1.90 bits per heavy atom. The zero-order valence-electron chi connectivity index (χ0n) is 13.6. The van der Waals surface area contributed by atoms with Gasteiger partial charge < -0.3 is 14.8 Å². The zero-order valence-corrected chi connectivity index (χ0v) is 13.6. The van der Waals surface area contributed by atoms with Crippen molar-refractivity contribution >= 4 is 5.95 Å². The Hall–Kier alpha value is -1.03. The molecule has 4 heteroatoms. The maximum Gasteiger partial charge on any atom is 0.205 e. The van der Waals surface area contributed by atoms with Crippen LogP contribution in [0.2, 0.25) is 0 Å². The van der Waals surface area contributed by atoms with Crippen molar-refractivity contribution in [3.8, 4) is 0 Å². The van der Waals surface area contributed by atoms with Crippen molar-refractivity contribution in [2.45, 2.75) is 57.9 Å². The fourth-order valence-corrected chi connectivity index (χ4v) is 3.96. The van der Waals surface area contributed by atoms with E-state index in [0.717, 1.165) is 12.5 Å². The van der Waals surface area contributed by atoms with E-state index in [1.165, 1.54) is 69.7 Å². The number of aryl methyl sites for hydroxylation is 1. The minimum absolute atomic E-state index is 0.697. The predicted molar refractivity (Wildman–Crippen MR) is 87.9 cm³/mol. The van der Waals surface area contributed by atoms with Crippen LogP contribution < -0.4 is 10.2 Å². The molecule has 1 saturated carbocycles.